The summed E-state index contributed by atoms with van der Waals surface area (Å²) in [5.74, 6) is 0.840. The van der Waals surface area contributed by atoms with E-state index in [-0.39, 0.29) is 19.1 Å². The second-order valence-electron chi connectivity index (χ2n) is 6.76. The van der Waals surface area contributed by atoms with Gasteiger partial charge in [-0.15, -0.1) is 0 Å². The molecule has 1 aliphatic carbocycles. The number of hydrogen-bond acceptors (Lipinski definition) is 7. The molecule has 1 aromatic rings. The van der Waals surface area contributed by atoms with Crippen LogP contribution < -0.4 is 0 Å². The van der Waals surface area contributed by atoms with Crippen molar-refractivity contribution in [2.45, 2.75) is 43.9 Å². The quantitative estimate of drug-likeness (QED) is 0.519. The van der Waals surface area contributed by atoms with Gasteiger partial charge in [0.2, 0.25) is 0 Å². The number of hydrogen-bond donors (Lipinski definition) is 1. The Morgan fingerprint density at radius 1 is 1.07 bits per heavy atom. The number of nitrogens with zero attached hydrogens (tertiary/aromatic N) is 2. The fraction of sp³-hybridized carbons (Fsp3) is 0.789. The maximum atomic E-state index is 14.9. The van der Waals surface area contributed by atoms with Crippen LogP contribution in [-0.4, -0.2) is 74.1 Å². The number of aromatic nitrogens is 2. The van der Waals surface area contributed by atoms with Crippen molar-refractivity contribution < 1.29 is 28.4 Å². The summed E-state index contributed by atoms with van der Waals surface area (Å²) in [5, 5.41) is 9.18. The monoisotopic (exact) mass is 386 g/mol. The van der Waals surface area contributed by atoms with Gasteiger partial charge in [0.15, 0.2) is 0 Å². The molecule has 7 nitrogen and oxygen atoms in total. The average Bonchev–Trinajstić information content (AvgIpc) is 2.70. The third-order valence-corrected chi connectivity index (χ3v) is 4.68. The Morgan fingerprint density at radius 3 is 2.33 bits per heavy atom. The lowest BCUT2D eigenvalue weighted by Crippen LogP contribution is -2.34. The number of methoxy groups -OCH3 is 1. The Bertz CT molecular complexity index is 527. The van der Waals surface area contributed by atoms with Crippen LogP contribution in [-0.2, 0) is 25.6 Å². The molecule has 0 saturated heterocycles. The summed E-state index contributed by atoms with van der Waals surface area (Å²) < 4.78 is 35.9. The number of aliphatic hydroxyl groups excluding tert-OH is 1. The Balaban J connectivity index is 1.56. The van der Waals surface area contributed by atoms with Crippen molar-refractivity contribution in [3.63, 3.8) is 0 Å². The topological polar surface area (TPSA) is 82.9 Å². The van der Waals surface area contributed by atoms with Crippen molar-refractivity contribution in [3.05, 3.63) is 23.8 Å². The summed E-state index contributed by atoms with van der Waals surface area (Å²) in [4.78, 5) is 8.62. The molecule has 1 N–H and O–H groups in total. The summed E-state index contributed by atoms with van der Waals surface area (Å²) in [6.07, 6.45) is 3.88. The molecule has 0 aromatic carbocycles. The average molecular weight is 386 g/mol. The highest BCUT2D eigenvalue weighted by Gasteiger charge is 2.36. The molecule has 0 aliphatic heterocycles. The number of aliphatic hydroxyl groups is 1. The molecular formula is C19H31FN2O5. The van der Waals surface area contributed by atoms with Crippen LogP contribution in [0.3, 0.4) is 0 Å². The standard InChI is InChI=1S/C19H31FN2O5/c1-24-8-9-25-10-11-26-12-13-27-15-19(20)5-2-16(3-6-19)18-21-7-4-17(14-23)22-18/h4,7,16,23H,2-3,5-6,8-15H2,1H3/t16-,19+. The lowest BCUT2D eigenvalue weighted by molar-refractivity contribution is -0.0378. The molecule has 27 heavy (non-hydrogen) atoms. The van der Waals surface area contributed by atoms with E-state index in [2.05, 4.69) is 9.97 Å². The Labute approximate surface area is 160 Å². The van der Waals surface area contributed by atoms with E-state index in [9.17, 15) is 9.50 Å². The van der Waals surface area contributed by atoms with Gasteiger partial charge in [-0.1, -0.05) is 0 Å². The van der Waals surface area contributed by atoms with E-state index in [4.69, 9.17) is 18.9 Å². The van der Waals surface area contributed by atoms with E-state index in [0.717, 1.165) is 0 Å². The zero-order chi connectivity index (χ0) is 19.4. The second-order valence-corrected chi connectivity index (χ2v) is 6.76. The molecule has 1 heterocycles. The molecule has 1 aromatic heterocycles. The van der Waals surface area contributed by atoms with Gasteiger partial charge in [0.25, 0.3) is 0 Å². The summed E-state index contributed by atoms with van der Waals surface area (Å²) in [5.41, 5.74) is -0.696. The van der Waals surface area contributed by atoms with E-state index in [1.54, 1.807) is 19.4 Å². The fourth-order valence-electron chi connectivity index (χ4n) is 3.07. The van der Waals surface area contributed by atoms with Crippen LogP contribution in [0.4, 0.5) is 4.39 Å². The first-order valence-corrected chi connectivity index (χ1v) is 9.50. The van der Waals surface area contributed by atoms with Crippen molar-refractivity contribution in [1.29, 1.82) is 0 Å². The van der Waals surface area contributed by atoms with E-state index in [0.29, 0.717) is 76.8 Å². The van der Waals surface area contributed by atoms with Gasteiger partial charge in [0.1, 0.15) is 11.5 Å². The van der Waals surface area contributed by atoms with Gasteiger partial charge < -0.3 is 24.1 Å². The van der Waals surface area contributed by atoms with Crippen molar-refractivity contribution in [2.24, 2.45) is 0 Å². The molecule has 1 fully saturated rings. The van der Waals surface area contributed by atoms with Crippen molar-refractivity contribution >= 4 is 0 Å². The molecule has 0 radical (unpaired) electrons. The summed E-state index contributed by atoms with van der Waals surface area (Å²) in [6, 6.07) is 1.69. The van der Waals surface area contributed by atoms with Crippen LogP contribution in [0.25, 0.3) is 0 Å². The highest BCUT2D eigenvalue weighted by atomic mass is 19.1. The summed E-state index contributed by atoms with van der Waals surface area (Å²) >= 11 is 0. The van der Waals surface area contributed by atoms with Gasteiger partial charge >= 0.3 is 0 Å². The third kappa shape index (κ3) is 8.15. The normalized spacial score (nSPS) is 22.9. The number of halogens is 1. The molecule has 8 heteroatoms. The van der Waals surface area contributed by atoms with Crippen LogP contribution in [0.1, 0.15) is 43.1 Å². The van der Waals surface area contributed by atoms with Crippen molar-refractivity contribution in [2.75, 3.05) is 53.4 Å². The minimum atomic E-state index is -1.30. The Hall–Kier alpha value is -1.19. The largest absolute Gasteiger partial charge is 0.390 e. The molecule has 2 rings (SSSR count). The van der Waals surface area contributed by atoms with Crippen molar-refractivity contribution in [1.82, 2.24) is 9.97 Å². The minimum absolute atomic E-state index is 0.0882. The number of rotatable bonds is 13. The zero-order valence-electron chi connectivity index (χ0n) is 16.1. The summed E-state index contributed by atoms with van der Waals surface area (Å²) in [6.45, 7) is 2.90. The first kappa shape index (κ1) is 22.1. The van der Waals surface area contributed by atoms with Crippen LogP contribution in [0, 0.1) is 0 Å². The third-order valence-electron chi connectivity index (χ3n) is 4.68. The van der Waals surface area contributed by atoms with E-state index in [1.165, 1.54) is 0 Å². The maximum Gasteiger partial charge on any atom is 0.134 e. The number of alkyl halides is 1. The summed E-state index contributed by atoms with van der Waals surface area (Å²) in [7, 11) is 1.63. The van der Waals surface area contributed by atoms with Crippen molar-refractivity contribution in [3.8, 4) is 0 Å². The first-order chi connectivity index (χ1) is 13.2. The van der Waals surface area contributed by atoms with Gasteiger partial charge in [0, 0.05) is 19.2 Å². The first-order valence-electron chi connectivity index (χ1n) is 9.50. The fourth-order valence-corrected chi connectivity index (χ4v) is 3.07. The minimum Gasteiger partial charge on any atom is -0.390 e. The molecule has 154 valence electrons. The van der Waals surface area contributed by atoms with E-state index in [1.807, 2.05) is 0 Å². The van der Waals surface area contributed by atoms with Gasteiger partial charge in [-0.25, -0.2) is 14.4 Å². The number of ether oxygens (including phenoxy) is 4. The van der Waals surface area contributed by atoms with Crippen LogP contribution in [0.2, 0.25) is 0 Å². The molecular weight excluding hydrogens is 355 g/mol. The molecule has 1 saturated carbocycles. The molecule has 1 aliphatic rings. The van der Waals surface area contributed by atoms with Gasteiger partial charge in [-0.2, -0.15) is 0 Å². The lowest BCUT2D eigenvalue weighted by atomic mass is 9.80. The SMILES string of the molecule is COCCOCCOCCOC[C@]1(F)CC[C@@H](c2nccc(CO)n2)CC1. The molecule has 0 bridgehead atoms. The van der Waals surface area contributed by atoms with Crippen LogP contribution in [0.15, 0.2) is 12.3 Å². The van der Waals surface area contributed by atoms with Crippen LogP contribution >= 0.6 is 0 Å². The van der Waals surface area contributed by atoms with Gasteiger partial charge in [-0.3, -0.25) is 0 Å². The van der Waals surface area contributed by atoms with Crippen LogP contribution in [0.5, 0.6) is 0 Å². The molecule has 0 amide bonds. The Kier molecular flexibility index (Phi) is 10.1. The Morgan fingerprint density at radius 2 is 1.70 bits per heavy atom. The van der Waals surface area contributed by atoms with E-state index < -0.39 is 5.67 Å². The van der Waals surface area contributed by atoms with E-state index >= 15 is 0 Å². The predicted molar refractivity (Wildman–Crippen MR) is 97.3 cm³/mol. The maximum absolute atomic E-state index is 14.9. The predicted octanol–water partition coefficient (Wildman–Crippen LogP) is 2.03. The van der Waals surface area contributed by atoms with Gasteiger partial charge in [-0.05, 0) is 31.7 Å². The zero-order valence-corrected chi connectivity index (χ0v) is 16.1. The smallest absolute Gasteiger partial charge is 0.134 e. The second kappa shape index (κ2) is 12.3. The molecule has 0 atom stereocenters. The lowest BCUT2D eigenvalue weighted by Gasteiger charge is -2.33. The highest BCUT2D eigenvalue weighted by Crippen LogP contribution is 2.39. The van der Waals surface area contributed by atoms with Gasteiger partial charge in [0.05, 0.1) is 58.5 Å². The highest BCUT2D eigenvalue weighted by molar-refractivity contribution is 5.07. The molecule has 0 spiro atoms. The molecule has 0 unspecified atom stereocenters.